The lowest BCUT2D eigenvalue weighted by molar-refractivity contribution is 0.101. The molecule has 0 unspecified atom stereocenters. The van der Waals surface area contributed by atoms with E-state index in [1.807, 2.05) is 19.1 Å². The molecule has 24 heavy (non-hydrogen) atoms. The van der Waals surface area contributed by atoms with E-state index in [1.54, 1.807) is 36.4 Å². The molecule has 2 N–H and O–H groups in total. The summed E-state index contributed by atoms with van der Waals surface area (Å²) in [6, 6.07) is 14.3. The zero-order chi connectivity index (χ0) is 17.1. The molecule has 1 heterocycles. The average molecular weight is 324 g/mol. The van der Waals surface area contributed by atoms with E-state index in [2.05, 4.69) is 15.4 Å². The van der Waals surface area contributed by atoms with E-state index in [-0.39, 0.29) is 5.82 Å². The molecule has 0 spiro atoms. The normalized spacial score (nSPS) is 10.4. The van der Waals surface area contributed by atoms with E-state index in [9.17, 15) is 9.59 Å². The molecular formula is C17H16N4O3. The Morgan fingerprint density at radius 2 is 1.96 bits per heavy atom. The van der Waals surface area contributed by atoms with Gasteiger partial charge in [0.2, 0.25) is 5.82 Å². The van der Waals surface area contributed by atoms with E-state index in [1.165, 1.54) is 7.11 Å². The molecule has 3 rings (SSSR count). The third kappa shape index (κ3) is 3.05. The number of aromatic nitrogens is 3. The van der Waals surface area contributed by atoms with Crippen LogP contribution in [0.15, 0.2) is 53.3 Å². The van der Waals surface area contributed by atoms with E-state index in [4.69, 9.17) is 4.74 Å². The van der Waals surface area contributed by atoms with Crippen molar-refractivity contribution in [3.05, 3.63) is 70.4 Å². The van der Waals surface area contributed by atoms with Crippen molar-refractivity contribution in [3.63, 3.8) is 0 Å². The summed E-state index contributed by atoms with van der Waals surface area (Å²) < 4.78 is 6.36. The predicted octanol–water partition coefficient (Wildman–Crippen LogP) is 2.13. The maximum atomic E-state index is 12.4. The van der Waals surface area contributed by atoms with E-state index in [0.29, 0.717) is 17.1 Å². The summed E-state index contributed by atoms with van der Waals surface area (Å²) in [7, 11) is 1.52. The molecule has 0 saturated carbocycles. The Kier molecular flexibility index (Phi) is 4.15. The van der Waals surface area contributed by atoms with Gasteiger partial charge < -0.3 is 10.1 Å². The number of H-pyrrole nitrogens is 1. The maximum Gasteiger partial charge on any atom is 0.348 e. The zero-order valence-electron chi connectivity index (χ0n) is 13.2. The Balaban J connectivity index is 1.90. The number of amides is 1. The Labute approximate surface area is 137 Å². The number of benzene rings is 2. The maximum absolute atomic E-state index is 12.4. The van der Waals surface area contributed by atoms with Gasteiger partial charge in [0.05, 0.1) is 18.5 Å². The monoisotopic (exact) mass is 324 g/mol. The molecule has 3 aromatic rings. The number of para-hydroxylation sites is 1. The van der Waals surface area contributed by atoms with Crippen LogP contribution in [0, 0.1) is 6.92 Å². The molecule has 0 radical (unpaired) electrons. The second-order valence-corrected chi connectivity index (χ2v) is 5.18. The molecule has 0 aliphatic rings. The number of nitrogens with one attached hydrogen (secondary N) is 2. The number of methoxy groups -OCH3 is 1. The molecule has 0 atom stereocenters. The van der Waals surface area contributed by atoms with Crippen LogP contribution in [0.1, 0.15) is 16.2 Å². The van der Waals surface area contributed by atoms with Crippen molar-refractivity contribution < 1.29 is 9.53 Å². The predicted molar refractivity (Wildman–Crippen MR) is 89.9 cm³/mol. The molecule has 122 valence electrons. The van der Waals surface area contributed by atoms with Gasteiger partial charge in [-0.25, -0.2) is 4.79 Å². The van der Waals surface area contributed by atoms with Crippen LogP contribution in [0.2, 0.25) is 0 Å². The van der Waals surface area contributed by atoms with Crippen molar-refractivity contribution in [3.8, 4) is 11.4 Å². The fourth-order valence-electron chi connectivity index (χ4n) is 2.27. The van der Waals surface area contributed by atoms with Crippen LogP contribution in [-0.4, -0.2) is 27.8 Å². The van der Waals surface area contributed by atoms with E-state index < -0.39 is 11.6 Å². The quantitative estimate of drug-likeness (QED) is 0.769. The first kappa shape index (κ1) is 15.5. The molecule has 0 saturated heterocycles. The van der Waals surface area contributed by atoms with Crippen LogP contribution in [-0.2, 0) is 0 Å². The number of aryl methyl sites for hydroxylation is 1. The summed E-state index contributed by atoms with van der Waals surface area (Å²) in [6.07, 6.45) is 0. The van der Waals surface area contributed by atoms with Crippen molar-refractivity contribution in [2.45, 2.75) is 6.92 Å². The minimum Gasteiger partial charge on any atom is -0.495 e. The lowest BCUT2D eigenvalue weighted by Gasteiger charge is -2.09. The first-order valence-electron chi connectivity index (χ1n) is 7.29. The van der Waals surface area contributed by atoms with Gasteiger partial charge in [0.1, 0.15) is 5.75 Å². The Bertz CT molecular complexity index is 929. The summed E-state index contributed by atoms with van der Waals surface area (Å²) in [5.74, 6) is -0.0723. The number of carbonyl (C=O) groups excluding carboxylic acids is 1. The van der Waals surface area contributed by atoms with Gasteiger partial charge in [0, 0.05) is 0 Å². The molecule has 0 aliphatic carbocycles. The molecule has 7 heteroatoms. The molecule has 0 bridgehead atoms. The van der Waals surface area contributed by atoms with Crippen molar-refractivity contribution in [1.82, 2.24) is 14.8 Å². The van der Waals surface area contributed by atoms with E-state index >= 15 is 0 Å². The largest absolute Gasteiger partial charge is 0.495 e. The number of anilines is 1. The van der Waals surface area contributed by atoms with Crippen LogP contribution in [0.5, 0.6) is 5.75 Å². The summed E-state index contributed by atoms with van der Waals surface area (Å²) >= 11 is 0. The van der Waals surface area contributed by atoms with Crippen LogP contribution in [0.3, 0.4) is 0 Å². The second-order valence-electron chi connectivity index (χ2n) is 5.18. The van der Waals surface area contributed by atoms with Crippen molar-refractivity contribution in [2.75, 3.05) is 12.4 Å². The van der Waals surface area contributed by atoms with Crippen LogP contribution >= 0.6 is 0 Å². The van der Waals surface area contributed by atoms with Crippen LogP contribution in [0.4, 0.5) is 5.69 Å². The SMILES string of the molecule is COc1ccc(C)cc1NC(=O)c1nn(-c2ccccc2)c(=O)[nH]1. The summed E-state index contributed by atoms with van der Waals surface area (Å²) in [5.41, 5.74) is 1.57. The highest BCUT2D eigenvalue weighted by molar-refractivity contribution is 6.02. The number of aromatic amines is 1. The second kappa shape index (κ2) is 6.41. The van der Waals surface area contributed by atoms with Gasteiger partial charge in [-0.05, 0) is 36.8 Å². The summed E-state index contributed by atoms with van der Waals surface area (Å²) in [6.45, 7) is 1.90. The number of hydrogen-bond donors (Lipinski definition) is 2. The van der Waals surface area contributed by atoms with Crippen LogP contribution < -0.4 is 15.7 Å². The van der Waals surface area contributed by atoms with Crippen molar-refractivity contribution in [2.24, 2.45) is 0 Å². The molecule has 2 aromatic carbocycles. The van der Waals surface area contributed by atoms with Gasteiger partial charge in [0.15, 0.2) is 0 Å². The minimum absolute atomic E-state index is 0.0765. The highest BCUT2D eigenvalue weighted by Gasteiger charge is 2.16. The van der Waals surface area contributed by atoms with Crippen molar-refractivity contribution in [1.29, 1.82) is 0 Å². The van der Waals surface area contributed by atoms with Gasteiger partial charge in [-0.15, -0.1) is 5.10 Å². The smallest absolute Gasteiger partial charge is 0.348 e. The van der Waals surface area contributed by atoms with Gasteiger partial charge in [-0.1, -0.05) is 24.3 Å². The lowest BCUT2D eigenvalue weighted by atomic mass is 10.2. The average Bonchev–Trinajstić information content (AvgIpc) is 2.98. The third-order valence-corrected chi connectivity index (χ3v) is 3.44. The Morgan fingerprint density at radius 1 is 1.21 bits per heavy atom. The fourth-order valence-corrected chi connectivity index (χ4v) is 2.27. The van der Waals surface area contributed by atoms with Crippen molar-refractivity contribution >= 4 is 11.6 Å². The van der Waals surface area contributed by atoms with Gasteiger partial charge in [-0.3, -0.25) is 9.78 Å². The van der Waals surface area contributed by atoms with E-state index in [0.717, 1.165) is 10.2 Å². The van der Waals surface area contributed by atoms with Crippen LogP contribution in [0.25, 0.3) is 5.69 Å². The first-order valence-corrected chi connectivity index (χ1v) is 7.29. The molecule has 0 fully saturated rings. The molecule has 1 amide bonds. The first-order chi connectivity index (χ1) is 11.6. The molecule has 0 aliphatic heterocycles. The highest BCUT2D eigenvalue weighted by atomic mass is 16.5. The lowest BCUT2D eigenvalue weighted by Crippen LogP contribution is -2.16. The minimum atomic E-state index is -0.523. The number of nitrogens with zero attached hydrogens (tertiary/aromatic N) is 2. The number of hydrogen-bond acceptors (Lipinski definition) is 4. The zero-order valence-corrected chi connectivity index (χ0v) is 13.2. The molecule has 7 nitrogen and oxygen atoms in total. The highest BCUT2D eigenvalue weighted by Crippen LogP contribution is 2.25. The van der Waals surface area contributed by atoms with Gasteiger partial charge in [0.25, 0.3) is 5.91 Å². The summed E-state index contributed by atoms with van der Waals surface area (Å²) in [5, 5.41) is 6.75. The Hall–Kier alpha value is -3.35. The Morgan fingerprint density at radius 3 is 2.67 bits per heavy atom. The van der Waals surface area contributed by atoms with Gasteiger partial charge >= 0.3 is 5.69 Å². The topological polar surface area (TPSA) is 89.0 Å². The van der Waals surface area contributed by atoms with Gasteiger partial charge in [-0.2, -0.15) is 4.68 Å². The number of rotatable bonds is 4. The molecular weight excluding hydrogens is 308 g/mol. The number of ether oxygens (including phenoxy) is 1. The number of carbonyl (C=O) groups is 1. The fraction of sp³-hybridized carbons (Fsp3) is 0.118. The molecule has 1 aromatic heterocycles. The standard InChI is InChI=1S/C17H16N4O3/c1-11-8-9-14(24-2)13(10-11)18-16(22)15-19-17(23)21(20-15)12-6-4-3-5-7-12/h3-10H,1-2H3,(H,18,22)(H,19,20,23). The third-order valence-electron chi connectivity index (χ3n) is 3.44. The summed E-state index contributed by atoms with van der Waals surface area (Å²) in [4.78, 5) is 26.9.